The van der Waals surface area contributed by atoms with Gasteiger partial charge in [-0.25, -0.2) is 9.97 Å². The monoisotopic (exact) mass is 294 g/mol. The summed E-state index contributed by atoms with van der Waals surface area (Å²) < 4.78 is 0. The maximum atomic E-state index is 9.17. The van der Waals surface area contributed by atoms with Crippen LogP contribution >= 0.6 is 0 Å². The number of nitrogens with one attached hydrogen (secondary N) is 2. The molecule has 120 valence electrons. The van der Waals surface area contributed by atoms with Gasteiger partial charge in [0.05, 0.1) is 0 Å². The summed E-state index contributed by atoms with van der Waals surface area (Å²) in [5, 5.41) is 16.0. The van der Waals surface area contributed by atoms with Crippen LogP contribution in [-0.2, 0) is 6.42 Å². The molecule has 0 radical (unpaired) electrons. The Bertz CT molecular complexity index is 446. The number of nitrogens with zero attached hydrogens (tertiary/aromatic N) is 2. The molecule has 0 aliphatic heterocycles. The van der Waals surface area contributed by atoms with Crippen molar-refractivity contribution in [3.05, 3.63) is 11.4 Å². The predicted molar refractivity (Wildman–Crippen MR) is 88.9 cm³/mol. The average Bonchev–Trinajstić information content (AvgIpc) is 2.40. The van der Waals surface area contributed by atoms with Crippen LogP contribution in [-0.4, -0.2) is 33.8 Å². The normalized spacial score (nSPS) is 11.5. The summed E-state index contributed by atoms with van der Waals surface area (Å²) in [5.74, 6) is 2.65. The minimum atomic E-state index is -0.195. The highest BCUT2D eigenvalue weighted by atomic mass is 16.3. The Morgan fingerprint density at radius 2 is 1.76 bits per heavy atom. The molecule has 0 amide bonds. The second kappa shape index (κ2) is 8.17. The van der Waals surface area contributed by atoms with Crippen molar-refractivity contribution in [2.75, 3.05) is 23.8 Å². The van der Waals surface area contributed by atoms with Crippen LogP contribution in [0.1, 0.15) is 58.3 Å². The predicted octanol–water partition coefficient (Wildman–Crippen LogP) is 3.13. The SMILES string of the molecule is CCCNc1nc(CCC)nc(NC(C)(C)CCO)c1C. The number of aliphatic hydroxyl groups is 1. The Labute approximate surface area is 128 Å². The zero-order chi connectivity index (χ0) is 15.9. The van der Waals surface area contributed by atoms with E-state index in [1.165, 1.54) is 0 Å². The van der Waals surface area contributed by atoms with E-state index in [4.69, 9.17) is 0 Å². The van der Waals surface area contributed by atoms with Crippen LogP contribution in [0.3, 0.4) is 0 Å². The Balaban J connectivity index is 3.07. The summed E-state index contributed by atoms with van der Waals surface area (Å²) in [4.78, 5) is 9.28. The number of aliphatic hydroxyl groups excluding tert-OH is 1. The molecule has 0 unspecified atom stereocenters. The fourth-order valence-electron chi connectivity index (χ4n) is 2.10. The molecule has 1 rings (SSSR count). The average molecular weight is 294 g/mol. The maximum Gasteiger partial charge on any atom is 0.135 e. The molecule has 3 N–H and O–H groups in total. The van der Waals surface area contributed by atoms with Crippen molar-refractivity contribution in [3.63, 3.8) is 0 Å². The fourth-order valence-corrected chi connectivity index (χ4v) is 2.10. The Morgan fingerprint density at radius 3 is 2.33 bits per heavy atom. The third-order valence-electron chi connectivity index (χ3n) is 3.40. The van der Waals surface area contributed by atoms with Gasteiger partial charge in [-0.05, 0) is 40.0 Å². The Hall–Kier alpha value is -1.36. The number of hydrogen-bond acceptors (Lipinski definition) is 5. The van der Waals surface area contributed by atoms with E-state index in [2.05, 4.69) is 48.3 Å². The van der Waals surface area contributed by atoms with Crippen molar-refractivity contribution in [3.8, 4) is 0 Å². The van der Waals surface area contributed by atoms with Crippen molar-refractivity contribution in [1.82, 2.24) is 9.97 Å². The lowest BCUT2D eigenvalue weighted by atomic mass is 10.0. The van der Waals surface area contributed by atoms with Crippen molar-refractivity contribution < 1.29 is 5.11 Å². The van der Waals surface area contributed by atoms with Crippen molar-refractivity contribution in [2.24, 2.45) is 0 Å². The molecule has 0 saturated heterocycles. The van der Waals surface area contributed by atoms with Gasteiger partial charge in [-0.2, -0.15) is 0 Å². The summed E-state index contributed by atoms with van der Waals surface area (Å²) in [6.45, 7) is 11.5. The molecule has 5 nitrogen and oxygen atoms in total. The van der Waals surface area contributed by atoms with Crippen LogP contribution < -0.4 is 10.6 Å². The van der Waals surface area contributed by atoms with Gasteiger partial charge in [0.1, 0.15) is 17.5 Å². The second-order valence-electron chi connectivity index (χ2n) is 6.12. The molecular formula is C16H30N4O. The first-order valence-electron chi connectivity index (χ1n) is 7.94. The number of aromatic nitrogens is 2. The van der Waals surface area contributed by atoms with Gasteiger partial charge in [0.15, 0.2) is 0 Å². The summed E-state index contributed by atoms with van der Waals surface area (Å²) in [6.07, 6.45) is 3.63. The van der Waals surface area contributed by atoms with Crippen LogP contribution in [0.4, 0.5) is 11.6 Å². The molecule has 0 aliphatic carbocycles. The molecule has 1 heterocycles. The van der Waals surface area contributed by atoms with Gasteiger partial charge >= 0.3 is 0 Å². The molecule has 0 saturated carbocycles. The van der Waals surface area contributed by atoms with Gasteiger partial charge < -0.3 is 15.7 Å². The highest BCUT2D eigenvalue weighted by molar-refractivity contribution is 5.58. The van der Waals surface area contributed by atoms with Crippen LogP contribution in [0, 0.1) is 6.92 Å². The van der Waals surface area contributed by atoms with Crippen molar-refractivity contribution in [2.45, 2.75) is 65.8 Å². The summed E-state index contributed by atoms with van der Waals surface area (Å²) >= 11 is 0. The smallest absolute Gasteiger partial charge is 0.135 e. The minimum Gasteiger partial charge on any atom is -0.396 e. The van der Waals surface area contributed by atoms with Crippen LogP contribution in [0.2, 0.25) is 0 Å². The van der Waals surface area contributed by atoms with Gasteiger partial charge in [0.25, 0.3) is 0 Å². The van der Waals surface area contributed by atoms with Crippen LogP contribution in [0.15, 0.2) is 0 Å². The van der Waals surface area contributed by atoms with E-state index in [1.807, 2.05) is 6.92 Å². The lowest BCUT2D eigenvalue weighted by molar-refractivity contribution is 0.260. The van der Waals surface area contributed by atoms with E-state index in [0.717, 1.165) is 48.8 Å². The lowest BCUT2D eigenvalue weighted by Gasteiger charge is -2.27. The third kappa shape index (κ3) is 5.50. The quantitative estimate of drug-likeness (QED) is 0.653. The largest absolute Gasteiger partial charge is 0.396 e. The molecule has 0 fully saturated rings. The summed E-state index contributed by atoms with van der Waals surface area (Å²) in [5.41, 5.74) is 0.841. The van der Waals surface area contributed by atoms with Crippen molar-refractivity contribution in [1.29, 1.82) is 0 Å². The zero-order valence-electron chi connectivity index (χ0n) is 14.1. The molecule has 5 heteroatoms. The highest BCUT2D eigenvalue weighted by Crippen LogP contribution is 2.24. The number of hydrogen-bond donors (Lipinski definition) is 3. The van der Waals surface area contributed by atoms with E-state index >= 15 is 0 Å². The van der Waals surface area contributed by atoms with E-state index in [9.17, 15) is 5.11 Å². The molecular weight excluding hydrogens is 264 g/mol. The molecule has 0 bridgehead atoms. The van der Waals surface area contributed by atoms with Gasteiger partial charge in [-0.15, -0.1) is 0 Å². The standard InChI is InChI=1S/C16H30N4O/c1-6-8-13-18-14(17-10-7-2)12(3)15(19-13)20-16(4,5)9-11-21/h21H,6-11H2,1-5H3,(H2,17,18,19,20). The van der Waals surface area contributed by atoms with E-state index in [1.54, 1.807) is 0 Å². The van der Waals surface area contributed by atoms with Gasteiger partial charge in [0, 0.05) is 30.7 Å². The first-order chi connectivity index (χ1) is 9.93. The molecule has 0 aromatic carbocycles. The van der Waals surface area contributed by atoms with Crippen LogP contribution in [0.25, 0.3) is 0 Å². The number of anilines is 2. The molecule has 21 heavy (non-hydrogen) atoms. The fraction of sp³-hybridized carbons (Fsp3) is 0.750. The topological polar surface area (TPSA) is 70.1 Å². The molecule has 0 aliphatic rings. The summed E-state index contributed by atoms with van der Waals surface area (Å²) in [7, 11) is 0. The highest BCUT2D eigenvalue weighted by Gasteiger charge is 2.20. The van der Waals surface area contributed by atoms with E-state index in [-0.39, 0.29) is 12.1 Å². The molecule has 0 spiro atoms. The zero-order valence-corrected chi connectivity index (χ0v) is 14.1. The van der Waals surface area contributed by atoms with E-state index in [0.29, 0.717) is 6.42 Å². The van der Waals surface area contributed by atoms with E-state index < -0.39 is 0 Å². The summed E-state index contributed by atoms with van der Waals surface area (Å²) in [6, 6.07) is 0. The second-order valence-corrected chi connectivity index (χ2v) is 6.12. The molecule has 1 aromatic rings. The third-order valence-corrected chi connectivity index (χ3v) is 3.40. The van der Waals surface area contributed by atoms with Gasteiger partial charge in [-0.3, -0.25) is 0 Å². The Morgan fingerprint density at radius 1 is 1.10 bits per heavy atom. The van der Waals surface area contributed by atoms with Gasteiger partial charge in [-0.1, -0.05) is 13.8 Å². The lowest BCUT2D eigenvalue weighted by Crippen LogP contribution is -2.33. The first-order valence-corrected chi connectivity index (χ1v) is 7.94. The number of aryl methyl sites for hydroxylation is 1. The Kier molecular flexibility index (Phi) is 6.89. The van der Waals surface area contributed by atoms with Crippen LogP contribution in [0.5, 0.6) is 0 Å². The molecule has 1 aromatic heterocycles. The number of rotatable bonds is 9. The maximum absolute atomic E-state index is 9.17. The molecule has 0 atom stereocenters. The minimum absolute atomic E-state index is 0.160. The van der Waals surface area contributed by atoms with Crippen molar-refractivity contribution >= 4 is 11.6 Å². The first kappa shape index (κ1) is 17.7. The van der Waals surface area contributed by atoms with Gasteiger partial charge in [0.2, 0.25) is 0 Å².